The first-order valence-corrected chi connectivity index (χ1v) is 7.65. The number of rotatable bonds is 2. The lowest BCUT2D eigenvalue weighted by atomic mass is 10.2. The van der Waals surface area contributed by atoms with Gasteiger partial charge in [-0.05, 0) is 32.0 Å². The first-order chi connectivity index (χ1) is 11.0. The maximum Gasteiger partial charge on any atom is 0.274 e. The molecule has 0 aliphatic carbocycles. The van der Waals surface area contributed by atoms with Crippen LogP contribution in [0.2, 0.25) is 0 Å². The molecule has 2 atom stereocenters. The molecule has 6 heteroatoms. The predicted molar refractivity (Wildman–Crippen MR) is 85.7 cm³/mol. The molecule has 1 aliphatic rings. The highest BCUT2D eigenvalue weighted by Crippen LogP contribution is 2.13. The zero-order valence-corrected chi connectivity index (χ0v) is 13.2. The standard InChI is InChI=1S/C17H19N3O3/c1-12-10-19(11-13(2)23-12)17(22)15-8-9-16(21)20(18-15)14-6-4-3-5-7-14/h3-9,12-13H,10-11H2,1-2H3/t12-,13-/m0/s1. The monoisotopic (exact) mass is 313 g/mol. The van der Waals surface area contributed by atoms with Crippen molar-refractivity contribution in [3.05, 3.63) is 58.5 Å². The van der Waals surface area contributed by atoms with Gasteiger partial charge in [-0.1, -0.05) is 18.2 Å². The van der Waals surface area contributed by atoms with Crippen LogP contribution in [0.3, 0.4) is 0 Å². The van der Waals surface area contributed by atoms with E-state index < -0.39 is 0 Å². The van der Waals surface area contributed by atoms with Crippen LogP contribution in [-0.2, 0) is 4.74 Å². The van der Waals surface area contributed by atoms with Gasteiger partial charge in [-0.2, -0.15) is 9.78 Å². The first kappa shape index (κ1) is 15.4. The first-order valence-electron chi connectivity index (χ1n) is 7.65. The summed E-state index contributed by atoms with van der Waals surface area (Å²) in [6.45, 7) is 4.92. The number of ether oxygens (including phenoxy) is 1. The van der Waals surface area contributed by atoms with Crippen molar-refractivity contribution in [3.8, 4) is 5.69 Å². The molecule has 1 aliphatic heterocycles. The summed E-state index contributed by atoms with van der Waals surface area (Å²) in [6.07, 6.45) is -0.0227. The molecule has 3 rings (SSSR count). The Kier molecular flexibility index (Phi) is 4.25. The molecule has 0 saturated carbocycles. The molecular formula is C17H19N3O3. The smallest absolute Gasteiger partial charge is 0.274 e. The van der Waals surface area contributed by atoms with E-state index >= 15 is 0 Å². The van der Waals surface area contributed by atoms with Crippen LogP contribution in [0.15, 0.2) is 47.3 Å². The largest absolute Gasteiger partial charge is 0.372 e. The van der Waals surface area contributed by atoms with Gasteiger partial charge in [-0.3, -0.25) is 9.59 Å². The van der Waals surface area contributed by atoms with Crippen LogP contribution in [0, 0.1) is 0 Å². The Morgan fingerprint density at radius 1 is 1.09 bits per heavy atom. The van der Waals surface area contributed by atoms with Gasteiger partial charge < -0.3 is 9.64 Å². The van der Waals surface area contributed by atoms with Crippen molar-refractivity contribution in [1.82, 2.24) is 14.7 Å². The Bertz CT molecular complexity index is 747. The quantitative estimate of drug-likeness (QED) is 0.842. The van der Waals surface area contributed by atoms with E-state index in [1.807, 2.05) is 32.0 Å². The summed E-state index contributed by atoms with van der Waals surface area (Å²) >= 11 is 0. The SMILES string of the molecule is C[C@H]1CN(C(=O)c2ccc(=O)n(-c3ccccc3)n2)C[C@H](C)O1. The summed E-state index contributed by atoms with van der Waals surface area (Å²) in [5.74, 6) is -0.184. The number of benzene rings is 1. The summed E-state index contributed by atoms with van der Waals surface area (Å²) in [6, 6.07) is 11.9. The van der Waals surface area contributed by atoms with Gasteiger partial charge in [0, 0.05) is 19.2 Å². The van der Waals surface area contributed by atoms with Crippen molar-refractivity contribution in [1.29, 1.82) is 0 Å². The van der Waals surface area contributed by atoms with Gasteiger partial charge in [0.15, 0.2) is 0 Å². The predicted octanol–water partition coefficient (Wildman–Crippen LogP) is 1.48. The van der Waals surface area contributed by atoms with Gasteiger partial charge >= 0.3 is 0 Å². The van der Waals surface area contributed by atoms with E-state index in [0.29, 0.717) is 18.8 Å². The summed E-state index contributed by atoms with van der Waals surface area (Å²) in [4.78, 5) is 26.4. The minimum absolute atomic E-state index is 0.0114. The van der Waals surface area contributed by atoms with Crippen LogP contribution >= 0.6 is 0 Å². The molecule has 1 fully saturated rings. The lowest BCUT2D eigenvalue weighted by molar-refractivity contribution is -0.0587. The zero-order valence-electron chi connectivity index (χ0n) is 13.2. The third-order valence-corrected chi connectivity index (χ3v) is 3.73. The van der Waals surface area contributed by atoms with Crippen LogP contribution in [-0.4, -0.2) is 45.9 Å². The number of para-hydroxylation sites is 1. The number of amides is 1. The van der Waals surface area contributed by atoms with E-state index in [1.165, 1.54) is 16.8 Å². The van der Waals surface area contributed by atoms with Crippen molar-refractivity contribution in [2.45, 2.75) is 26.1 Å². The number of nitrogens with zero attached hydrogens (tertiary/aromatic N) is 3. The fourth-order valence-electron chi connectivity index (χ4n) is 2.79. The lowest BCUT2D eigenvalue weighted by Gasteiger charge is -2.35. The Morgan fingerprint density at radius 3 is 2.39 bits per heavy atom. The number of carbonyl (C=O) groups is 1. The van der Waals surface area contributed by atoms with E-state index in [9.17, 15) is 9.59 Å². The van der Waals surface area contributed by atoms with Crippen LogP contribution in [0.4, 0.5) is 0 Å². The minimum atomic E-state index is -0.267. The number of morpholine rings is 1. The Hall–Kier alpha value is -2.47. The molecule has 1 aromatic carbocycles. The van der Waals surface area contributed by atoms with E-state index in [1.54, 1.807) is 17.0 Å². The van der Waals surface area contributed by atoms with E-state index in [0.717, 1.165) is 0 Å². The van der Waals surface area contributed by atoms with Crippen LogP contribution in [0.5, 0.6) is 0 Å². The van der Waals surface area contributed by atoms with Crippen molar-refractivity contribution < 1.29 is 9.53 Å². The summed E-state index contributed by atoms with van der Waals surface area (Å²) < 4.78 is 6.90. The van der Waals surface area contributed by atoms with Crippen LogP contribution in [0.25, 0.3) is 5.69 Å². The number of hydrogen-bond donors (Lipinski definition) is 0. The van der Waals surface area contributed by atoms with Gasteiger partial charge in [-0.25, -0.2) is 0 Å². The average molecular weight is 313 g/mol. The molecule has 6 nitrogen and oxygen atoms in total. The number of hydrogen-bond acceptors (Lipinski definition) is 4. The van der Waals surface area contributed by atoms with Gasteiger partial charge in [0.2, 0.25) is 0 Å². The van der Waals surface area contributed by atoms with Gasteiger partial charge in [-0.15, -0.1) is 0 Å². The normalized spacial score (nSPS) is 21.2. The fraction of sp³-hybridized carbons (Fsp3) is 0.353. The highest BCUT2D eigenvalue weighted by Gasteiger charge is 2.27. The highest BCUT2D eigenvalue weighted by atomic mass is 16.5. The third kappa shape index (κ3) is 3.32. The maximum absolute atomic E-state index is 12.7. The highest BCUT2D eigenvalue weighted by molar-refractivity contribution is 5.92. The molecule has 1 aromatic heterocycles. The van der Waals surface area contributed by atoms with E-state index in [-0.39, 0.29) is 29.4 Å². The van der Waals surface area contributed by atoms with Gasteiger partial charge in [0.05, 0.1) is 17.9 Å². The zero-order chi connectivity index (χ0) is 16.4. The molecule has 0 unspecified atom stereocenters. The molecule has 0 radical (unpaired) electrons. The Labute approximate surface area is 134 Å². The Balaban J connectivity index is 1.92. The van der Waals surface area contributed by atoms with Gasteiger partial charge in [0.25, 0.3) is 11.5 Å². The maximum atomic E-state index is 12.7. The molecule has 2 aromatic rings. The number of aromatic nitrogens is 2. The second-order valence-corrected chi connectivity index (χ2v) is 5.77. The summed E-state index contributed by atoms with van der Waals surface area (Å²) in [7, 11) is 0. The van der Waals surface area contributed by atoms with Crippen LogP contribution < -0.4 is 5.56 Å². The van der Waals surface area contributed by atoms with E-state index in [4.69, 9.17) is 4.74 Å². The molecule has 1 amide bonds. The third-order valence-electron chi connectivity index (χ3n) is 3.73. The molecular weight excluding hydrogens is 294 g/mol. The summed E-state index contributed by atoms with van der Waals surface area (Å²) in [5.41, 5.74) is 0.627. The van der Waals surface area contributed by atoms with Crippen LogP contribution in [0.1, 0.15) is 24.3 Å². The fourth-order valence-corrected chi connectivity index (χ4v) is 2.79. The molecule has 23 heavy (non-hydrogen) atoms. The topological polar surface area (TPSA) is 64.4 Å². The van der Waals surface area contributed by atoms with Crippen molar-refractivity contribution in [2.75, 3.05) is 13.1 Å². The molecule has 0 spiro atoms. The minimum Gasteiger partial charge on any atom is -0.372 e. The molecule has 120 valence electrons. The van der Waals surface area contributed by atoms with Crippen molar-refractivity contribution in [2.24, 2.45) is 0 Å². The van der Waals surface area contributed by atoms with Gasteiger partial charge in [0.1, 0.15) is 5.69 Å². The van der Waals surface area contributed by atoms with E-state index in [2.05, 4.69) is 5.10 Å². The molecule has 2 heterocycles. The second kappa shape index (κ2) is 6.34. The molecule has 0 N–H and O–H groups in total. The Morgan fingerprint density at radius 2 is 1.74 bits per heavy atom. The second-order valence-electron chi connectivity index (χ2n) is 5.77. The van der Waals surface area contributed by atoms with Crippen molar-refractivity contribution in [3.63, 3.8) is 0 Å². The number of carbonyl (C=O) groups excluding carboxylic acids is 1. The molecule has 0 bridgehead atoms. The van der Waals surface area contributed by atoms with Crippen molar-refractivity contribution >= 4 is 5.91 Å². The lowest BCUT2D eigenvalue weighted by Crippen LogP contribution is -2.48. The molecule has 1 saturated heterocycles. The summed E-state index contributed by atoms with van der Waals surface area (Å²) in [5, 5.41) is 4.24. The average Bonchev–Trinajstić information content (AvgIpc) is 2.54.